The van der Waals surface area contributed by atoms with Gasteiger partial charge < -0.3 is 4.74 Å². The molecule has 0 amide bonds. The van der Waals surface area contributed by atoms with Crippen molar-refractivity contribution in [3.8, 4) is 16.9 Å². The number of benzene rings is 2. The van der Waals surface area contributed by atoms with Crippen LogP contribution in [-0.4, -0.2) is 12.1 Å². The number of nitrogens with zero attached hydrogens (tertiary/aromatic N) is 1. The van der Waals surface area contributed by atoms with E-state index in [9.17, 15) is 0 Å². The van der Waals surface area contributed by atoms with E-state index in [1.165, 1.54) is 11.1 Å². The van der Waals surface area contributed by atoms with Gasteiger partial charge in [0.2, 0.25) is 0 Å². The highest BCUT2D eigenvalue weighted by Crippen LogP contribution is 2.42. The van der Waals surface area contributed by atoms with E-state index >= 15 is 0 Å². The molecule has 3 aromatic rings. The summed E-state index contributed by atoms with van der Waals surface area (Å²) in [5.74, 6) is 0.804. The monoisotopic (exact) mass is 317 g/mol. The highest BCUT2D eigenvalue weighted by Gasteiger charge is 2.17. The minimum absolute atomic E-state index is 0.731. The van der Waals surface area contributed by atoms with Gasteiger partial charge in [0, 0.05) is 10.6 Å². The number of hydrogen-bond donors (Lipinski definition) is 0. The summed E-state index contributed by atoms with van der Waals surface area (Å²) in [6, 6.07) is 8.16. The third-order valence-electron chi connectivity index (χ3n) is 3.70. The molecule has 4 heteroatoms. The van der Waals surface area contributed by atoms with E-state index in [0.29, 0.717) is 0 Å². The van der Waals surface area contributed by atoms with Gasteiger partial charge in [-0.3, -0.25) is 0 Å². The third-order valence-corrected chi connectivity index (χ3v) is 4.95. The molecular formula is C17H16ClNOS. The number of halogens is 1. The number of methoxy groups -OCH3 is 1. The van der Waals surface area contributed by atoms with Gasteiger partial charge in [-0.1, -0.05) is 11.6 Å². The Hall–Kier alpha value is -1.58. The van der Waals surface area contributed by atoms with E-state index in [1.807, 2.05) is 19.1 Å². The molecule has 0 unspecified atom stereocenters. The number of rotatable bonds is 2. The van der Waals surface area contributed by atoms with Crippen LogP contribution in [0.25, 0.3) is 21.3 Å². The average molecular weight is 318 g/mol. The zero-order chi connectivity index (χ0) is 15.1. The first-order valence-electron chi connectivity index (χ1n) is 6.72. The molecule has 0 aliphatic heterocycles. The molecule has 1 aromatic heterocycles. The lowest BCUT2D eigenvalue weighted by Gasteiger charge is -2.13. The number of fused-ring (bicyclic) bond motifs is 1. The normalized spacial score (nSPS) is 11.1. The van der Waals surface area contributed by atoms with Crippen LogP contribution in [0.4, 0.5) is 0 Å². The van der Waals surface area contributed by atoms with Crippen molar-refractivity contribution in [2.24, 2.45) is 0 Å². The van der Waals surface area contributed by atoms with E-state index in [0.717, 1.165) is 37.1 Å². The average Bonchev–Trinajstić information content (AvgIpc) is 2.82. The molecule has 0 aliphatic carbocycles. The van der Waals surface area contributed by atoms with Crippen LogP contribution in [0.2, 0.25) is 5.02 Å². The van der Waals surface area contributed by atoms with Crippen molar-refractivity contribution >= 4 is 33.2 Å². The molecule has 0 bridgehead atoms. The molecule has 108 valence electrons. The minimum Gasteiger partial charge on any atom is -0.496 e. The summed E-state index contributed by atoms with van der Waals surface area (Å²) < 4.78 is 6.70. The molecular weight excluding hydrogens is 302 g/mol. The molecule has 21 heavy (non-hydrogen) atoms. The van der Waals surface area contributed by atoms with Gasteiger partial charge in [0.05, 0.1) is 27.9 Å². The van der Waals surface area contributed by atoms with Gasteiger partial charge >= 0.3 is 0 Å². The Bertz CT molecular complexity index is 838. The molecule has 2 nitrogen and oxygen atoms in total. The fourth-order valence-corrected chi connectivity index (χ4v) is 3.64. The fourth-order valence-electron chi connectivity index (χ4n) is 2.49. The molecule has 0 aliphatic rings. The quantitative estimate of drug-likeness (QED) is 0.618. The smallest absolute Gasteiger partial charge is 0.129 e. The summed E-state index contributed by atoms with van der Waals surface area (Å²) in [4.78, 5) is 4.67. The maximum Gasteiger partial charge on any atom is 0.129 e. The molecule has 1 heterocycles. The molecule has 3 rings (SSSR count). The first kappa shape index (κ1) is 14.4. The van der Waals surface area contributed by atoms with Crippen molar-refractivity contribution in [2.45, 2.75) is 20.8 Å². The number of hydrogen-bond acceptors (Lipinski definition) is 3. The Morgan fingerprint density at radius 3 is 2.52 bits per heavy atom. The van der Waals surface area contributed by atoms with Gasteiger partial charge in [0.1, 0.15) is 5.75 Å². The SMILES string of the molecule is COc1ccc2sc(C)nc2c1-c1cc(C)c(C)cc1Cl. The lowest BCUT2D eigenvalue weighted by molar-refractivity contribution is 0.417. The predicted octanol–water partition coefficient (Wildman–Crippen LogP) is 5.55. The van der Waals surface area contributed by atoms with Crippen molar-refractivity contribution in [1.82, 2.24) is 4.98 Å². The van der Waals surface area contributed by atoms with Crippen LogP contribution in [0.5, 0.6) is 5.75 Å². The minimum atomic E-state index is 0.731. The highest BCUT2D eigenvalue weighted by molar-refractivity contribution is 7.18. The van der Waals surface area contributed by atoms with Crippen molar-refractivity contribution in [3.05, 3.63) is 45.4 Å². The van der Waals surface area contributed by atoms with Gasteiger partial charge in [-0.15, -0.1) is 11.3 Å². The van der Waals surface area contributed by atoms with E-state index in [2.05, 4.69) is 31.0 Å². The van der Waals surface area contributed by atoms with E-state index < -0.39 is 0 Å². The number of thiazole rings is 1. The Morgan fingerprint density at radius 1 is 1.10 bits per heavy atom. The van der Waals surface area contributed by atoms with E-state index in [4.69, 9.17) is 16.3 Å². The maximum absolute atomic E-state index is 6.49. The highest BCUT2D eigenvalue weighted by atomic mass is 35.5. The second-order valence-electron chi connectivity index (χ2n) is 5.14. The molecule has 0 N–H and O–H groups in total. The van der Waals surface area contributed by atoms with E-state index in [1.54, 1.807) is 18.4 Å². The zero-order valence-electron chi connectivity index (χ0n) is 12.5. The van der Waals surface area contributed by atoms with Crippen LogP contribution in [-0.2, 0) is 0 Å². The van der Waals surface area contributed by atoms with Crippen LogP contribution in [0, 0.1) is 20.8 Å². The lowest BCUT2D eigenvalue weighted by atomic mass is 9.98. The summed E-state index contributed by atoms with van der Waals surface area (Å²) in [5, 5.41) is 1.77. The van der Waals surface area contributed by atoms with Crippen LogP contribution >= 0.6 is 22.9 Å². The molecule has 0 fully saturated rings. The Labute approximate surface area is 133 Å². The predicted molar refractivity (Wildman–Crippen MR) is 90.8 cm³/mol. The van der Waals surface area contributed by atoms with Crippen molar-refractivity contribution in [3.63, 3.8) is 0 Å². The van der Waals surface area contributed by atoms with Crippen LogP contribution in [0.3, 0.4) is 0 Å². The molecule has 0 radical (unpaired) electrons. The van der Waals surface area contributed by atoms with Crippen LogP contribution in [0.15, 0.2) is 24.3 Å². The third kappa shape index (κ3) is 2.41. The summed E-state index contributed by atoms with van der Waals surface area (Å²) in [6.07, 6.45) is 0. The molecule has 2 aromatic carbocycles. The van der Waals surface area contributed by atoms with E-state index in [-0.39, 0.29) is 0 Å². The fraction of sp³-hybridized carbons (Fsp3) is 0.235. The van der Waals surface area contributed by atoms with Crippen molar-refractivity contribution in [1.29, 1.82) is 0 Å². The topological polar surface area (TPSA) is 22.1 Å². The number of ether oxygens (including phenoxy) is 1. The van der Waals surface area contributed by atoms with Crippen LogP contribution in [0.1, 0.15) is 16.1 Å². The second-order valence-corrected chi connectivity index (χ2v) is 6.78. The Morgan fingerprint density at radius 2 is 1.81 bits per heavy atom. The maximum atomic E-state index is 6.49. The Kier molecular flexibility index (Phi) is 3.64. The summed E-state index contributed by atoms with van der Waals surface area (Å²) in [7, 11) is 1.68. The van der Waals surface area contributed by atoms with Gasteiger partial charge in [0.25, 0.3) is 0 Å². The number of aromatic nitrogens is 1. The van der Waals surface area contributed by atoms with Gasteiger partial charge in [0.15, 0.2) is 0 Å². The second kappa shape index (κ2) is 5.32. The molecule has 0 saturated carbocycles. The zero-order valence-corrected chi connectivity index (χ0v) is 14.0. The first-order chi connectivity index (χ1) is 10.0. The largest absolute Gasteiger partial charge is 0.496 e. The van der Waals surface area contributed by atoms with Crippen molar-refractivity contribution in [2.75, 3.05) is 7.11 Å². The van der Waals surface area contributed by atoms with Gasteiger partial charge in [-0.2, -0.15) is 0 Å². The molecule has 0 spiro atoms. The van der Waals surface area contributed by atoms with Crippen LogP contribution < -0.4 is 4.74 Å². The van der Waals surface area contributed by atoms with Crippen molar-refractivity contribution < 1.29 is 4.74 Å². The number of aryl methyl sites for hydroxylation is 3. The summed E-state index contributed by atoms with van der Waals surface area (Å²) in [6.45, 7) is 6.17. The summed E-state index contributed by atoms with van der Waals surface area (Å²) in [5.41, 5.74) is 5.31. The molecule has 0 saturated heterocycles. The van der Waals surface area contributed by atoms with Gasteiger partial charge in [-0.05, 0) is 56.2 Å². The Balaban J connectivity index is 2.40. The lowest BCUT2D eigenvalue weighted by Crippen LogP contribution is -1.92. The summed E-state index contributed by atoms with van der Waals surface area (Å²) >= 11 is 8.18. The first-order valence-corrected chi connectivity index (χ1v) is 7.92. The molecule has 0 atom stereocenters. The van der Waals surface area contributed by atoms with Gasteiger partial charge in [-0.25, -0.2) is 4.98 Å². The standard InChI is InChI=1S/C17H16ClNOS/c1-9-7-12(13(18)8-10(9)2)16-14(20-4)5-6-15-17(16)19-11(3)21-15/h5-8H,1-4H3.